The Kier molecular flexibility index (Phi) is 16.8. The Balaban J connectivity index is 1.70. The van der Waals surface area contributed by atoms with E-state index in [1.54, 1.807) is 12.2 Å². The van der Waals surface area contributed by atoms with Crippen molar-refractivity contribution in [2.45, 2.75) is 44.2 Å². The topological polar surface area (TPSA) is 232 Å². The van der Waals surface area contributed by atoms with E-state index in [1.807, 2.05) is 13.0 Å². The number of hydrogen-bond donors (Lipinski definition) is 6. The predicted molar refractivity (Wildman–Crippen MR) is 157 cm³/mol. The van der Waals surface area contributed by atoms with E-state index in [9.17, 15) is 24.0 Å². The van der Waals surface area contributed by atoms with Crippen LogP contribution in [0.5, 0.6) is 0 Å². The lowest BCUT2D eigenvalue weighted by atomic mass is 10.0. The molecule has 248 valence electrons. The van der Waals surface area contributed by atoms with Gasteiger partial charge in [0.2, 0.25) is 17.7 Å². The number of carbonyl (C=O) groups excluding carboxylic acids is 5. The fourth-order valence-electron chi connectivity index (χ4n) is 4.40. The van der Waals surface area contributed by atoms with Gasteiger partial charge < -0.3 is 56.4 Å². The molecule has 2 aliphatic carbocycles. The van der Waals surface area contributed by atoms with Crippen molar-refractivity contribution in [3.8, 4) is 0 Å². The number of hydrogen-bond acceptors (Lipinski definition) is 10. The van der Waals surface area contributed by atoms with E-state index in [1.165, 1.54) is 0 Å². The molecule has 6 amide bonds. The van der Waals surface area contributed by atoms with Crippen LogP contribution in [0.3, 0.4) is 0 Å². The normalized spacial score (nSPS) is 20.2. The second kappa shape index (κ2) is 20.3. The summed E-state index contributed by atoms with van der Waals surface area (Å²) in [5, 5.41) is 10.7. The summed E-state index contributed by atoms with van der Waals surface area (Å²) in [6, 6.07) is -1.03. The first-order chi connectivity index (χ1) is 21.2. The molecule has 0 spiro atoms. The first-order valence-electron chi connectivity index (χ1n) is 14.7. The van der Waals surface area contributed by atoms with Crippen molar-refractivity contribution in [3.05, 3.63) is 23.8 Å². The summed E-state index contributed by atoms with van der Waals surface area (Å²) in [6.07, 6.45) is 5.69. The van der Waals surface area contributed by atoms with Gasteiger partial charge in [-0.25, -0.2) is 9.59 Å². The van der Waals surface area contributed by atoms with Crippen molar-refractivity contribution in [2.75, 3.05) is 72.6 Å². The number of primary amides is 2. The van der Waals surface area contributed by atoms with Crippen LogP contribution in [0.15, 0.2) is 23.8 Å². The second-order valence-electron chi connectivity index (χ2n) is 10.1. The molecule has 2 aliphatic rings. The SMILES string of the molecule is CCOCCOCCOCCOCCC(=O)NCC(=O)NC1(C(=O)NC2C=CC(COC(N)=O)=CC2)CC1CCNC(N)=O. The molecule has 0 aromatic rings. The lowest BCUT2D eigenvalue weighted by Gasteiger charge is -2.24. The van der Waals surface area contributed by atoms with Gasteiger partial charge in [0.25, 0.3) is 0 Å². The Morgan fingerprint density at radius 1 is 0.909 bits per heavy atom. The van der Waals surface area contributed by atoms with Crippen molar-refractivity contribution < 1.29 is 47.7 Å². The molecule has 16 heteroatoms. The lowest BCUT2D eigenvalue weighted by Crippen LogP contribution is -2.54. The smallest absolute Gasteiger partial charge is 0.404 e. The van der Waals surface area contributed by atoms with Crippen LogP contribution < -0.4 is 32.7 Å². The zero-order valence-electron chi connectivity index (χ0n) is 25.2. The van der Waals surface area contributed by atoms with Crippen LogP contribution in [0.4, 0.5) is 9.59 Å². The average molecular weight is 627 g/mol. The average Bonchev–Trinajstić information content (AvgIpc) is 3.69. The molecule has 2 rings (SSSR count). The van der Waals surface area contributed by atoms with E-state index in [4.69, 9.17) is 35.2 Å². The summed E-state index contributed by atoms with van der Waals surface area (Å²) in [7, 11) is 0. The molecule has 1 fully saturated rings. The maximum atomic E-state index is 13.3. The van der Waals surface area contributed by atoms with E-state index in [-0.39, 0.29) is 56.5 Å². The third kappa shape index (κ3) is 14.6. The highest BCUT2D eigenvalue weighted by Gasteiger charge is 2.60. The molecule has 0 radical (unpaired) electrons. The zero-order valence-corrected chi connectivity index (χ0v) is 25.2. The summed E-state index contributed by atoms with van der Waals surface area (Å²) >= 11 is 0. The van der Waals surface area contributed by atoms with Crippen molar-refractivity contribution >= 4 is 29.8 Å². The zero-order chi connectivity index (χ0) is 32.2. The standard InChI is InChI=1S/C28H46N6O10/c1-2-40-11-12-42-15-16-43-14-13-41-10-8-23(35)32-18-24(36)34-28(17-21(28)7-9-31-26(29)38)25(37)33-22-5-3-20(4-6-22)19-44-27(30)39/h3-5,21-22H,2,6-19H2,1H3,(H2,30,39)(H,32,35)(H,33,37)(H,34,36)(H3,29,31,38). The number of ether oxygens (including phenoxy) is 5. The quantitative estimate of drug-likeness (QED) is 0.0756. The fourth-order valence-corrected chi connectivity index (χ4v) is 4.40. The maximum absolute atomic E-state index is 13.3. The number of urea groups is 1. The molecule has 1 saturated carbocycles. The van der Waals surface area contributed by atoms with Crippen molar-refractivity contribution in [3.63, 3.8) is 0 Å². The molecule has 0 aliphatic heterocycles. The predicted octanol–water partition coefficient (Wildman–Crippen LogP) is -1.02. The first-order valence-corrected chi connectivity index (χ1v) is 14.7. The van der Waals surface area contributed by atoms with Gasteiger partial charge in [-0.2, -0.15) is 0 Å². The van der Waals surface area contributed by atoms with Gasteiger partial charge in [-0.05, 0) is 37.7 Å². The molecular weight excluding hydrogens is 580 g/mol. The van der Waals surface area contributed by atoms with Crippen LogP contribution >= 0.6 is 0 Å². The summed E-state index contributed by atoms with van der Waals surface area (Å²) < 4.78 is 26.0. The molecule has 0 bridgehead atoms. The third-order valence-electron chi connectivity index (χ3n) is 6.78. The Morgan fingerprint density at radius 2 is 1.57 bits per heavy atom. The summed E-state index contributed by atoms with van der Waals surface area (Å²) in [4.78, 5) is 60.1. The van der Waals surface area contributed by atoms with E-state index in [0.717, 1.165) is 5.57 Å². The monoisotopic (exact) mass is 626 g/mol. The second-order valence-corrected chi connectivity index (χ2v) is 10.1. The molecular formula is C28H46N6O10. The van der Waals surface area contributed by atoms with Gasteiger partial charge >= 0.3 is 12.1 Å². The van der Waals surface area contributed by atoms with Crippen molar-refractivity contribution in [2.24, 2.45) is 17.4 Å². The minimum atomic E-state index is -1.19. The van der Waals surface area contributed by atoms with Gasteiger partial charge in [0, 0.05) is 19.6 Å². The number of rotatable bonds is 23. The van der Waals surface area contributed by atoms with E-state index in [2.05, 4.69) is 21.3 Å². The molecule has 44 heavy (non-hydrogen) atoms. The van der Waals surface area contributed by atoms with Crippen LogP contribution in [-0.2, 0) is 38.1 Å². The van der Waals surface area contributed by atoms with Crippen molar-refractivity contribution in [1.29, 1.82) is 0 Å². The van der Waals surface area contributed by atoms with Gasteiger partial charge in [-0.3, -0.25) is 14.4 Å². The highest BCUT2D eigenvalue weighted by molar-refractivity contribution is 5.96. The number of nitrogens with one attached hydrogen (secondary N) is 4. The minimum absolute atomic E-state index is 0.0274. The van der Waals surface area contributed by atoms with Gasteiger partial charge in [-0.15, -0.1) is 0 Å². The van der Waals surface area contributed by atoms with Gasteiger partial charge in [0.15, 0.2) is 0 Å². The lowest BCUT2D eigenvalue weighted by molar-refractivity contribution is -0.131. The molecule has 3 atom stereocenters. The molecule has 0 heterocycles. The Morgan fingerprint density at radius 3 is 2.16 bits per heavy atom. The summed E-state index contributed by atoms with van der Waals surface area (Å²) in [6.45, 7) is 5.29. The van der Waals surface area contributed by atoms with Crippen molar-refractivity contribution in [1.82, 2.24) is 21.3 Å². The number of nitrogens with two attached hydrogens (primary N) is 2. The molecule has 3 unspecified atom stereocenters. The fraction of sp³-hybridized carbons (Fsp3) is 0.679. The van der Waals surface area contributed by atoms with Crippen LogP contribution in [-0.4, -0.2) is 114 Å². The molecule has 0 aromatic carbocycles. The summed E-state index contributed by atoms with van der Waals surface area (Å²) in [5.41, 5.74) is 9.67. The van der Waals surface area contributed by atoms with Crippen LogP contribution in [0.2, 0.25) is 0 Å². The van der Waals surface area contributed by atoms with Gasteiger partial charge in [0.1, 0.15) is 12.1 Å². The van der Waals surface area contributed by atoms with Crippen LogP contribution in [0, 0.1) is 5.92 Å². The molecule has 16 nitrogen and oxygen atoms in total. The van der Waals surface area contributed by atoms with Crippen LogP contribution in [0.25, 0.3) is 0 Å². The van der Waals surface area contributed by atoms with Gasteiger partial charge in [0.05, 0.1) is 58.8 Å². The van der Waals surface area contributed by atoms with E-state index in [0.29, 0.717) is 65.5 Å². The molecule has 0 saturated heterocycles. The first kappa shape index (κ1) is 36.5. The highest BCUT2D eigenvalue weighted by Crippen LogP contribution is 2.46. The summed E-state index contributed by atoms with van der Waals surface area (Å²) in [5.74, 6) is -1.53. The maximum Gasteiger partial charge on any atom is 0.404 e. The molecule has 0 aromatic heterocycles. The number of amides is 6. The highest BCUT2D eigenvalue weighted by atomic mass is 16.6. The van der Waals surface area contributed by atoms with E-state index < -0.39 is 23.6 Å². The van der Waals surface area contributed by atoms with E-state index >= 15 is 0 Å². The number of carbonyl (C=O) groups is 5. The Hall–Kier alpha value is -3.73. The van der Waals surface area contributed by atoms with Crippen LogP contribution in [0.1, 0.15) is 32.6 Å². The Bertz CT molecular complexity index is 1020. The third-order valence-corrected chi connectivity index (χ3v) is 6.78. The Labute approximate surface area is 256 Å². The van der Waals surface area contributed by atoms with Gasteiger partial charge in [-0.1, -0.05) is 18.2 Å². The largest absolute Gasteiger partial charge is 0.445 e. The molecule has 8 N–H and O–H groups in total. The minimum Gasteiger partial charge on any atom is -0.445 e.